The van der Waals surface area contributed by atoms with Gasteiger partial charge < -0.3 is 15.0 Å². The van der Waals surface area contributed by atoms with Gasteiger partial charge in [-0.1, -0.05) is 12.1 Å². The number of pyridine rings is 1. The quantitative estimate of drug-likeness (QED) is 0.882. The molecule has 0 saturated carbocycles. The number of rotatable bonds is 4. The van der Waals surface area contributed by atoms with Crippen molar-refractivity contribution in [1.82, 2.24) is 9.88 Å². The molecule has 1 aromatic heterocycles. The van der Waals surface area contributed by atoms with Crippen LogP contribution >= 0.6 is 0 Å². The summed E-state index contributed by atoms with van der Waals surface area (Å²) in [5, 5.41) is 12.4. The van der Waals surface area contributed by atoms with Gasteiger partial charge in [0.25, 0.3) is 11.5 Å². The van der Waals surface area contributed by atoms with Gasteiger partial charge in [-0.15, -0.1) is 0 Å². The van der Waals surface area contributed by atoms with Crippen molar-refractivity contribution in [1.29, 1.82) is 0 Å². The maximum atomic E-state index is 12.8. The van der Waals surface area contributed by atoms with E-state index in [0.717, 1.165) is 0 Å². The number of aliphatic hydroxyl groups is 1. The van der Waals surface area contributed by atoms with Crippen LogP contribution in [0.1, 0.15) is 22.0 Å². The van der Waals surface area contributed by atoms with Crippen molar-refractivity contribution in [3.63, 3.8) is 0 Å². The van der Waals surface area contributed by atoms with Crippen LogP contribution in [0.3, 0.4) is 0 Å². The number of hydrogen-bond acceptors (Lipinski definition) is 3. The van der Waals surface area contributed by atoms with E-state index in [9.17, 15) is 19.1 Å². The number of carbonyl (C=O) groups excluding carboxylic acids is 1. The summed E-state index contributed by atoms with van der Waals surface area (Å²) < 4.78 is 14.1. The smallest absolute Gasteiger partial charge is 0.251 e. The molecule has 2 aromatic rings. The molecular formula is C15H15FN2O3. The average molecular weight is 290 g/mol. The van der Waals surface area contributed by atoms with Gasteiger partial charge in [0.15, 0.2) is 0 Å². The third kappa shape index (κ3) is 3.76. The average Bonchev–Trinajstić information content (AvgIpc) is 2.48. The second-order valence-corrected chi connectivity index (χ2v) is 4.64. The molecule has 0 saturated heterocycles. The summed E-state index contributed by atoms with van der Waals surface area (Å²) in [5.74, 6) is -0.844. The number of aryl methyl sites for hydroxylation is 1. The Labute approximate surface area is 120 Å². The monoisotopic (exact) mass is 290 g/mol. The second-order valence-electron chi connectivity index (χ2n) is 4.64. The topological polar surface area (TPSA) is 71.3 Å². The Kier molecular flexibility index (Phi) is 4.49. The highest BCUT2D eigenvalue weighted by Gasteiger charge is 2.11. The molecule has 1 amide bonds. The molecule has 2 N–H and O–H groups in total. The first-order chi connectivity index (χ1) is 9.97. The van der Waals surface area contributed by atoms with Crippen molar-refractivity contribution in [3.05, 3.63) is 69.9 Å². The number of aliphatic hydroxyl groups excluding tert-OH is 1. The lowest BCUT2D eigenvalue weighted by molar-refractivity contribution is 0.0916. The highest BCUT2D eigenvalue weighted by atomic mass is 19.1. The van der Waals surface area contributed by atoms with Gasteiger partial charge in [-0.05, 0) is 23.8 Å². The van der Waals surface area contributed by atoms with E-state index in [1.54, 1.807) is 7.05 Å². The largest absolute Gasteiger partial charge is 0.387 e. The first kappa shape index (κ1) is 14.9. The second kappa shape index (κ2) is 6.32. The van der Waals surface area contributed by atoms with E-state index in [1.807, 2.05) is 0 Å². The highest BCUT2D eigenvalue weighted by Crippen LogP contribution is 2.12. The van der Waals surface area contributed by atoms with Crippen molar-refractivity contribution in [2.24, 2.45) is 7.05 Å². The summed E-state index contributed by atoms with van der Waals surface area (Å²) in [6.07, 6.45) is 0.550. The fraction of sp³-hybridized carbons (Fsp3) is 0.200. The summed E-state index contributed by atoms with van der Waals surface area (Å²) in [4.78, 5) is 23.3. The summed E-state index contributed by atoms with van der Waals surface area (Å²) in [5.41, 5.74) is 0.437. The molecule has 1 heterocycles. The van der Waals surface area contributed by atoms with Crippen LogP contribution in [0.4, 0.5) is 4.39 Å². The zero-order valence-corrected chi connectivity index (χ0v) is 11.4. The fourth-order valence-corrected chi connectivity index (χ4v) is 1.78. The maximum absolute atomic E-state index is 12.8. The SMILES string of the molecule is Cn1ccc(C(=O)NCC(O)c2ccc(F)cc2)cc1=O. The van der Waals surface area contributed by atoms with Gasteiger partial charge in [-0.3, -0.25) is 9.59 Å². The predicted octanol–water partition coefficient (Wildman–Crippen LogP) is 0.988. The lowest BCUT2D eigenvalue weighted by atomic mass is 10.1. The molecule has 0 bridgehead atoms. The third-order valence-corrected chi connectivity index (χ3v) is 3.08. The van der Waals surface area contributed by atoms with E-state index >= 15 is 0 Å². The molecule has 0 spiro atoms. The van der Waals surface area contributed by atoms with Crippen LogP contribution in [0.5, 0.6) is 0 Å². The number of hydrogen-bond donors (Lipinski definition) is 2. The van der Waals surface area contributed by atoms with Gasteiger partial charge in [0.05, 0.1) is 6.10 Å². The van der Waals surface area contributed by atoms with E-state index < -0.39 is 17.8 Å². The minimum absolute atomic E-state index is 0.0281. The third-order valence-electron chi connectivity index (χ3n) is 3.08. The molecule has 6 heteroatoms. The maximum Gasteiger partial charge on any atom is 0.251 e. The summed E-state index contributed by atoms with van der Waals surface area (Å²) in [6.45, 7) is -0.0281. The number of nitrogens with zero attached hydrogens (tertiary/aromatic N) is 1. The summed E-state index contributed by atoms with van der Waals surface area (Å²) >= 11 is 0. The molecule has 0 fully saturated rings. The molecule has 1 aromatic carbocycles. The molecule has 110 valence electrons. The van der Waals surface area contributed by atoms with Crippen molar-refractivity contribution in [3.8, 4) is 0 Å². The van der Waals surface area contributed by atoms with E-state index in [4.69, 9.17) is 0 Å². The normalized spacial score (nSPS) is 12.0. The number of nitrogens with one attached hydrogen (secondary N) is 1. The van der Waals surface area contributed by atoms with Crippen LogP contribution in [0.2, 0.25) is 0 Å². The number of carbonyl (C=O) groups is 1. The molecule has 5 nitrogen and oxygen atoms in total. The first-order valence-electron chi connectivity index (χ1n) is 6.36. The van der Waals surface area contributed by atoms with Gasteiger partial charge in [0.1, 0.15) is 5.82 Å². The minimum atomic E-state index is -0.943. The fourth-order valence-electron chi connectivity index (χ4n) is 1.78. The molecule has 0 aliphatic heterocycles. The zero-order valence-electron chi connectivity index (χ0n) is 11.4. The molecule has 0 aliphatic rings. The molecule has 21 heavy (non-hydrogen) atoms. The Morgan fingerprint density at radius 3 is 2.62 bits per heavy atom. The standard InChI is InChI=1S/C15H15FN2O3/c1-18-7-6-11(8-14(18)20)15(21)17-9-13(19)10-2-4-12(16)5-3-10/h2-8,13,19H,9H2,1H3,(H,17,21). The van der Waals surface area contributed by atoms with Gasteiger partial charge in [-0.25, -0.2) is 4.39 Å². The Morgan fingerprint density at radius 1 is 1.33 bits per heavy atom. The van der Waals surface area contributed by atoms with Crippen molar-refractivity contribution >= 4 is 5.91 Å². The van der Waals surface area contributed by atoms with Crippen molar-refractivity contribution < 1.29 is 14.3 Å². The van der Waals surface area contributed by atoms with E-state index in [0.29, 0.717) is 5.56 Å². The van der Waals surface area contributed by atoms with Gasteiger partial charge in [0.2, 0.25) is 0 Å². The van der Waals surface area contributed by atoms with Gasteiger partial charge in [0, 0.05) is 31.4 Å². The Balaban J connectivity index is 1.98. The van der Waals surface area contributed by atoms with Crippen LogP contribution in [-0.2, 0) is 7.05 Å². The first-order valence-corrected chi connectivity index (χ1v) is 6.36. The van der Waals surface area contributed by atoms with E-state index in [1.165, 1.54) is 47.2 Å². The molecule has 0 radical (unpaired) electrons. The minimum Gasteiger partial charge on any atom is -0.387 e. The van der Waals surface area contributed by atoms with Crippen LogP contribution in [0, 0.1) is 5.82 Å². The molecule has 1 unspecified atom stereocenters. The number of aromatic nitrogens is 1. The lowest BCUT2D eigenvalue weighted by Gasteiger charge is -2.12. The van der Waals surface area contributed by atoms with Crippen LogP contribution < -0.4 is 10.9 Å². The zero-order chi connectivity index (χ0) is 15.4. The van der Waals surface area contributed by atoms with Gasteiger partial charge >= 0.3 is 0 Å². The molecule has 0 aliphatic carbocycles. The molecule has 1 atom stereocenters. The van der Waals surface area contributed by atoms with Crippen LogP contribution in [0.25, 0.3) is 0 Å². The number of halogens is 1. The Hall–Kier alpha value is -2.47. The van der Waals surface area contributed by atoms with Crippen molar-refractivity contribution in [2.75, 3.05) is 6.54 Å². The van der Waals surface area contributed by atoms with Crippen LogP contribution in [0.15, 0.2) is 47.4 Å². The highest BCUT2D eigenvalue weighted by molar-refractivity contribution is 5.93. The van der Waals surface area contributed by atoms with Gasteiger partial charge in [-0.2, -0.15) is 0 Å². The number of amides is 1. The van der Waals surface area contributed by atoms with Crippen LogP contribution in [-0.4, -0.2) is 22.1 Å². The number of benzene rings is 1. The van der Waals surface area contributed by atoms with E-state index in [-0.39, 0.29) is 17.7 Å². The summed E-state index contributed by atoms with van der Waals surface area (Å²) in [6, 6.07) is 8.11. The molecular weight excluding hydrogens is 275 g/mol. The predicted molar refractivity (Wildman–Crippen MR) is 75.4 cm³/mol. The summed E-state index contributed by atoms with van der Waals surface area (Å²) in [7, 11) is 1.59. The van der Waals surface area contributed by atoms with E-state index in [2.05, 4.69) is 5.32 Å². The Bertz CT molecular complexity index is 695. The lowest BCUT2D eigenvalue weighted by Crippen LogP contribution is -2.29. The Morgan fingerprint density at radius 2 is 2.00 bits per heavy atom. The van der Waals surface area contributed by atoms with Crippen molar-refractivity contribution in [2.45, 2.75) is 6.10 Å². The molecule has 2 rings (SSSR count).